The quantitative estimate of drug-likeness (QED) is 0.683. The molecular weight excluding hydrogens is 184 g/mol. The van der Waals surface area contributed by atoms with Crippen molar-refractivity contribution in [2.75, 3.05) is 0 Å². The zero-order valence-corrected chi connectivity index (χ0v) is 7.16. The third-order valence-electron chi connectivity index (χ3n) is 1.82. The van der Waals surface area contributed by atoms with E-state index < -0.39 is 12.1 Å². The molecule has 2 N–H and O–H groups in total. The average molecular weight is 192 g/mol. The summed E-state index contributed by atoms with van der Waals surface area (Å²) in [6.45, 7) is 0. The van der Waals surface area contributed by atoms with Crippen molar-refractivity contribution in [3.63, 3.8) is 0 Å². The Bertz CT molecular complexity index is 407. The lowest BCUT2D eigenvalue weighted by molar-refractivity contribution is 0.191. The third kappa shape index (κ3) is 1.49. The van der Waals surface area contributed by atoms with Crippen molar-refractivity contribution in [2.45, 2.75) is 6.04 Å². The maximum Gasteiger partial charge on any atom is 0.405 e. The van der Waals surface area contributed by atoms with Crippen LogP contribution in [-0.2, 0) is 0 Å². The van der Waals surface area contributed by atoms with Gasteiger partial charge in [0.25, 0.3) is 0 Å². The van der Waals surface area contributed by atoms with Gasteiger partial charge in [0.05, 0.1) is 0 Å². The smallest absolute Gasteiger partial charge is 0.405 e. The summed E-state index contributed by atoms with van der Waals surface area (Å²) in [7, 11) is 0. The molecule has 14 heavy (non-hydrogen) atoms. The molecule has 0 radical (unpaired) electrons. The van der Waals surface area contributed by atoms with Crippen molar-refractivity contribution in [1.29, 1.82) is 0 Å². The number of hydrogen-bond acceptors (Lipinski definition) is 3. The van der Waals surface area contributed by atoms with E-state index in [1.54, 1.807) is 29.0 Å². The molecule has 1 atom stereocenters. The van der Waals surface area contributed by atoms with Crippen LogP contribution in [0.4, 0.5) is 4.79 Å². The van der Waals surface area contributed by atoms with Gasteiger partial charge in [0.15, 0.2) is 5.82 Å². The second-order valence-electron chi connectivity index (χ2n) is 2.75. The minimum Gasteiger partial charge on any atom is -0.465 e. The van der Waals surface area contributed by atoms with Crippen LogP contribution in [0.3, 0.4) is 0 Å². The second-order valence-corrected chi connectivity index (χ2v) is 2.75. The lowest BCUT2D eigenvalue weighted by atomic mass is 10.2. The van der Waals surface area contributed by atoms with E-state index in [4.69, 9.17) is 5.11 Å². The van der Waals surface area contributed by atoms with E-state index in [1.165, 1.54) is 6.33 Å². The first-order valence-electron chi connectivity index (χ1n) is 4.01. The molecule has 0 aromatic carbocycles. The van der Waals surface area contributed by atoms with Gasteiger partial charge in [-0.2, -0.15) is 0 Å². The van der Waals surface area contributed by atoms with E-state index in [-0.39, 0.29) is 0 Å². The molecule has 1 aliphatic rings. The first kappa shape index (κ1) is 8.49. The number of nitrogens with one attached hydrogen (secondary N) is 1. The van der Waals surface area contributed by atoms with Gasteiger partial charge >= 0.3 is 6.09 Å². The minimum absolute atomic E-state index is 0.454. The summed E-state index contributed by atoms with van der Waals surface area (Å²) in [5.41, 5.74) is 0. The van der Waals surface area contributed by atoms with Gasteiger partial charge in [-0.05, 0) is 6.08 Å². The standard InChI is InChI=1S/C8H8N4O2/c13-8(14)10-6-3-1-2-4-12-5-9-11-7(6)12/h1-6,10H,(H,13,14). The molecule has 1 unspecified atom stereocenters. The highest BCUT2D eigenvalue weighted by molar-refractivity contribution is 5.65. The van der Waals surface area contributed by atoms with Crippen LogP contribution in [-0.4, -0.2) is 26.0 Å². The molecule has 6 heteroatoms. The summed E-state index contributed by atoms with van der Waals surface area (Å²) in [4.78, 5) is 10.5. The molecule has 1 aromatic rings. The molecule has 2 rings (SSSR count). The maximum absolute atomic E-state index is 10.5. The predicted molar refractivity (Wildman–Crippen MR) is 48.4 cm³/mol. The molecule has 1 amide bonds. The second kappa shape index (κ2) is 3.33. The van der Waals surface area contributed by atoms with Crippen LogP contribution in [0.1, 0.15) is 11.9 Å². The average Bonchev–Trinajstić information content (AvgIpc) is 2.51. The van der Waals surface area contributed by atoms with Crippen molar-refractivity contribution < 1.29 is 9.90 Å². The van der Waals surface area contributed by atoms with Crippen molar-refractivity contribution >= 4 is 12.3 Å². The van der Waals surface area contributed by atoms with E-state index in [0.29, 0.717) is 5.82 Å². The molecule has 2 heterocycles. The van der Waals surface area contributed by atoms with Crippen LogP contribution < -0.4 is 5.32 Å². The molecule has 0 fully saturated rings. The monoisotopic (exact) mass is 192 g/mol. The first-order chi connectivity index (χ1) is 6.77. The van der Waals surface area contributed by atoms with Crippen molar-refractivity contribution in [2.24, 2.45) is 0 Å². The van der Waals surface area contributed by atoms with E-state index in [2.05, 4.69) is 15.5 Å². The number of allylic oxidation sites excluding steroid dienone is 2. The summed E-state index contributed by atoms with van der Waals surface area (Å²) in [6, 6.07) is -0.454. The lowest BCUT2D eigenvalue weighted by Crippen LogP contribution is -2.26. The van der Waals surface area contributed by atoms with Crippen molar-refractivity contribution in [1.82, 2.24) is 20.1 Å². The Labute approximate surface area is 79.6 Å². The summed E-state index contributed by atoms with van der Waals surface area (Å²) >= 11 is 0. The molecule has 0 aliphatic carbocycles. The zero-order valence-electron chi connectivity index (χ0n) is 7.16. The van der Waals surface area contributed by atoms with Gasteiger partial charge in [-0.1, -0.05) is 12.2 Å². The fraction of sp³-hybridized carbons (Fsp3) is 0.125. The highest BCUT2D eigenvalue weighted by Gasteiger charge is 2.17. The third-order valence-corrected chi connectivity index (χ3v) is 1.82. The zero-order chi connectivity index (χ0) is 9.97. The number of hydrogen-bond donors (Lipinski definition) is 2. The molecule has 72 valence electrons. The Morgan fingerprint density at radius 1 is 1.57 bits per heavy atom. The van der Waals surface area contributed by atoms with Crippen molar-refractivity contribution in [3.8, 4) is 0 Å². The lowest BCUT2D eigenvalue weighted by Gasteiger charge is -2.09. The molecule has 6 nitrogen and oxygen atoms in total. The van der Waals surface area contributed by atoms with E-state index in [9.17, 15) is 4.79 Å². The summed E-state index contributed by atoms with van der Waals surface area (Å²) in [6.07, 6.45) is 7.45. The summed E-state index contributed by atoms with van der Waals surface area (Å²) in [5, 5.41) is 18.5. The van der Waals surface area contributed by atoms with E-state index >= 15 is 0 Å². The minimum atomic E-state index is -1.09. The molecule has 0 saturated carbocycles. The van der Waals surface area contributed by atoms with Crippen molar-refractivity contribution in [3.05, 3.63) is 30.4 Å². The number of amides is 1. The van der Waals surface area contributed by atoms with Crippen LogP contribution in [0.25, 0.3) is 6.20 Å². The van der Waals surface area contributed by atoms with Gasteiger partial charge in [-0.25, -0.2) is 4.79 Å². The Balaban J connectivity index is 2.33. The number of aromatic nitrogens is 3. The normalized spacial score (nSPS) is 18.7. The highest BCUT2D eigenvalue weighted by Crippen LogP contribution is 2.14. The number of carboxylic acid groups (broad SMARTS) is 1. The number of nitrogens with zero attached hydrogens (tertiary/aromatic N) is 3. The van der Waals surface area contributed by atoms with Crippen LogP contribution in [0.5, 0.6) is 0 Å². The van der Waals surface area contributed by atoms with Crippen LogP contribution >= 0.6 is 0 Å². The van der Waals surface area contributed by atoms with Crippen LogP contribution in [0.15, 0.2) is 24.6 Å². The van der Waals surface area contributed by atoms with E-state index in [0.717, 1.165) is 0 Å². The van der Waals surface area contributed by atoms with Gasteiger partial charge in [0.2, 0.25) is 0 Å². The first-order valence-corrected chi connectivity index (χ1v) is 4.01. The predicted octanol–water partition coefficient (Wildman–Crippen LogP) is 0.627. The van der Waals surface area contributed by atoms with Gasteiger partial charge in [0, 0.05) is 6.20 Å². The SMILES string of the molecule is O=C(O)NC1C=CC=Cn2cnnc21. The molecular formula is C8H8N4O2. The number of carbonyl (C=O) groups is 1. The van der Waals surface area contributed by atoms with Crippen LogP contribution in [0, 0.1) is 0 Å². The molecule has 0 bridgehead atoms. The molecule has 0 spiro atoms. The fourth-order valence-electron chi connectivity index (χ4n) is 1.24. The van der Waals surface area contributed by atoms with Gasteiger partial charge < -0.3 is 10.4 Å². The molecule has 1 aromatic heterocycles. The topological polar surface area (TPSA) is 80.0 Å². The molecule has 1 aliphatic heterocycles. The molecule has 0 saturated heterocycles. The Hall–Kier alpha value is -2.11. The highest BCUT2D eigenvalue weighted by atomic mass is 16.4. The Kier molecular flexibility index (Phi) is 2.02. The van der Waals surface area contributed by atoms with Gasteiger partial charge in [-0.3, -0.25) is 4.57 Å². The number of fused-ring (bicyclic) bond motifs is 1. The Morgan fingerprint density at radius 3 is 3.21 bits per heavy atom. The summed E-state index contributed by atoms with van der Waals surface area (Å²) in [5.74, 6) is 0.553. The van der Waals surface area contributed by atoms with E-state index in [1.807, 2.05) is 0 Å². The maximum atomic E-state index is 10.5. The summed E-state index contributed by atoms with van der Waals surface area (Å²) < 4.78 is 1.67. The van der Waals surface area contributed by atoms with Gasteiger partial charge in [-0.15, -0.1) is 10.2 Å². The van der Waals surface area contributed by atoms with Gasteiger partial charge in [0.1, 0.15) is 12.4 Å². The van der Waals surface area contributed by atoms with Crippen LogP contribution in [0.2, 0.25) is 0 Å². The fourth-order valence-corrected chi connectivity index (χ4v) is 1.24. The number of rotatable bonds is 1. The largest absolute Gasteiger partial charge is 0.465 e. The Morgan fingerprint density at radius 2 is 2.43 bits per heavy atom.